The predicted octanol–water partition coefficient (Wildman–Crippen LogP) is 4.63. The lowest BCUT2D eigenvalue weighted by Crippen LogP contribution is -1.97. The quantitative estimate of drug-likeness (QED) is 0.778. The summed E-state index contributed by atoms with van der Waals surface area (Å²) in [7, 11) is 0. The molecule has 2 aromatic rings. The summed E-state index contributed by atoms with van der Waals surface area (Å²) in [6.07, 6.45) is 0. The van der Waals surface area contributed by atoms with E-state index in [-0.39, 0.29) is 0 Å². The number of nitrogens with one attached hydrogen (secondary N) is 1. The number of hydrogen-bond acceptors (Lipinski definition) is 2. The van der Waals surface area contributed by atoms with Gasteiger partial charge in [0.25, 0.3) is 0 Å². The van der Waals surface area contributed by atoms with Gasteiger partial charge in [-0.15, -0.1) is 0 Å². The molecule has 0 radical (unpaired) electrons. The molecule has 2 nitrogen and oxygen atoms in total. The molecule has 0 aliphatic heterocycles. The number of aryl methyl sites for hydroxylation is 1. The molecule has 0 saturated carbocycles. The van der Waals surface area contributed by atoms with Gasteiger partial charge in [-0.2, -0.15) is 0 Å². The second kappa shape index (κ2) is 4.86. The number of anilines is 3. The first-order valence-corrected chi connectivity index (χ1v) is 5.90. The van der Waals surface area contributed by atoms with Crippen molar-refractivity contribution in [2.45, 2.75) is 6.92 Å². The Hall–Kier alpha value is -1.38. The molecule has 2 aromatic carbocycles. The van der Waals surface area contributed by atoms with Crippen LogP contribution in [0.4, 0.5) is 17.1 Å². The smallest absolute Gasteiger partial charge is 0.0742 e. The maximum atomic E-state index is 6.14. The van der Waals surface area contributed by atoms with Gasteiger partial charge < -0.3 is 11.1 Å². The molecule has 0 saturated heterocycles. The van der Waals surface area contributed by atoms with Crippen molar-refractivity contribution in [3.8, 4) is 0 Å². The third-order valence-electron chi connectivity index (χ3n) is 2.45. The molecule has 0 amide bonds. The number of halogens is 2. The molecule has 2 rings (SSSR count). The van der Waals surface area contributed by atoms with E-state index in [0.29, 0.717) is 15.7 Å². The Labute approximate surface area is 110 Å². The fraction of sp³-hybridized carbons (Fsp3) is 0.0769. The minimum absolute atomic E-state index is 0.519. The molecule has 0 atom stereocenters. The monoisotopic (exact) mass is 266 g/mol. The van der Waals surface area contributed by atoms with Crippen LogP contribution in [0.1, 0.15) is 5.56 Å². The first-order chi connectivity index (χ1) is 8.08. The van der Waals surface area contributed by atoms with Crippen LogP contribution in [0, 0.1) is 6.92 Å². The van der Waals surface area contributed by atoms with E-state index in [1.54, 1.807) is 6.07 Å². The molecule has 0 aliphatic carbocycles. The van der Waals surface area contributed by atoms with E-state index in [0.717, 1.165) is 16.9 Å². The number of rotatable bonds is 2. The third kappa shape index (κ3) is 2.65. The Morgan fingerprint density at radius 3 is 2.47 bits per heavy atom. The van der Waals surface area contributed by atoms with E-state index in [2.05, 4.69) is 5.32 Å². The molecule has 0 aromatic heterocycles. The van der Waals surface area contributed by atoms with Gasteiger partial charge in [-0.1, -0.05) is 35.3 Å². The summed E-state index contributed by atoms with van der Waals surface area (Å²) in [6.45, 7) is 1.99. The number of nitrogen functional groups attached to an aromatic ring is 1. The lowest BCUT2D eigenvalue weighted by Gasteiger charge is -2.12. The maximum absolute atomic E-state index is 6.14. The van der Waals surface area contributed by atoms with Crippen LogP contribution in [-0.4, -0.2) is 0 Å². The van der Waals surface area contributed by atoms with Gasteiger partial charge in [0.05, 0.1) is 27.1 Å². The summed E-state index contributed by atoms with van der Waals surface area (Å²) in [4.78, 5) is 0. The molecule has 0 aliphatic rings. The van der Waals surface area contributed by atoms with Gasteiger partial charge in [0, 0.05) is 0 Å². The summed E-state index contributed by atoms with van der Waals surface area (Å²) in [6, 6.07) is 11.2. The van der Waals surface area contributed by atoms with Crippen LogP contribution < -0.4 is 11.1 Å². The van der Waals surface area contributed by atoms with Crippen LogP contribution in [-0.2, 0) is 0 Å². The van der Waals surface area contributed by atoms with Crippen LogP contribution in [0.3, 0.4) is 0 Å². The average molecular weight is 267 g/mol. The summed E-state index contributed by atoms with van der Waals surface area (Å²) >= 11 is 12.1. The highest BCUT2D eigenvalue weighted by atomic mass is 35.5. The highest BCUT2D eigenvalue weighted by molar-refractivity contribution is 6.34. The van der Waals surface area contributed by atoms with Crippen LogP contribution in [0.25, 0.3) is 0 Å². The van der Waals surface area contributed by atoms with Gasteiger partial charge in [0.15, 0.2) is 0 Å². The summed E-state index contributed by atoms with van der Waals surface area (Å²) < 4.78 is 0. The second-order valence-corrected chi connectivity index (χ2v) is 4.62. The number of hydrogen-bond donors (Lipinski definition) is 2. The summed E-state index contributed by atoms with van der Waals surface area (Å²) in [5.41, 5.74) is 9.07. The van der Waals surface area contributed by atoms with Gasteiger partial charge in [-0.3, -0.25) is 0 Å². The topological polar surface area (TPSA) is 38.0 Å². The number of nitrogens with two attached hydrogens (primary N) is 1. The minimum Gasteiger partial charge on any atom is -0.396 e. The van der Waals surface area contributed by atoms with Crippen LogP contribution in [0.2, 0.25) is 10.0 Å². The van der Waals surface area contributed by atoms with Crippen molar-refractivity contribution in [2.24, 2.45) is 0 Å². The Morgan fingerprint density at radius 2 is 1.76 bits per heavy atom. The van der Waals surface area contributed by atoms with Crippen molar-refractivity contribution in [3.63, 3.8) is 0 Å². The van der Waals surface area contributed by atoms with E-state index >= 15 is 0 Å². The second-order valence-electron chi connectivity index (χ2n) is 3.81. The van der Waals surface area contributed by atoms with E-state index in [9.17, 15) is 0 Å². The van der Waals surface area contributed by atoms with Crippen molar-refractivity contribution in [1.29, 1.82) is 0 Å². The summed E-state index contributed by atoms with van der Waals surface area (Å²) in [5, 5.41) is 4.35. The normalized spacial score (nSPS) is 10.3. The molecule has 0 spiro atoms. The van der Waals surface area contributed by atoms with Crippen LogP contribution in [0.5, 0.6) is 0 Å². The molecule has 0 fully saturated rings. The molecule has 3 N–H and O–H groups in total. The van der Waals surface area contributed by atoms with Crippen molar-refractivity contribution in [2.75, 3.05) is 11.1 Å². The third-order valence-corrected chi connectivity index (χ3v) is 3.09. The zero-order chi connectivity index (χ0) is 12.4. The maximum Gasteiger partial charge on any atom is 0.0742 e. The first-order valence-electron chi connectivity index (χ1n) is 5.15. The van der Waals surface area contributed by atoms with Crippen molar-refractivity contribution in [3.05, 3.63) is 52.0 Å². The summed E-state index contributed by atoms with van der Waals surface area (Å²) in [5.74, 6) is 0. The largest absolute Gasteiger partial charge is 0.396 e. The zero-order valence-corrected chi connectivity index (χ0v) is 10.8. The minimum atomic E-state index is 0.519. The highest BCUT2D eigenvalue weighted by Gasteiger charge is 2.05. The van der Waals surface area contributed by atoms with Crippen molar-refractivity contribution in [1.82, 2.24) is 0 Å². The van der Waals surface area contributed by atoms with Crippen LogP contribution in [0.15, 0.2) is 36.4 Å². The Balaban J connectivity index is 2.35. The molecular weight excluding hydrogens is 255 g/mol. The van der Waals surface area contributed by atoms with E-state index in [1.807, 2.05) is 37.3 Å². The number of para-hydroxylation sites is 1. The predicted molar refractivity (Wildman–Crippen MR) is 75.3 cm³/mol. The standard InChI is InChI=1S/C13H12Cl2N2/c1-8-5-6-11(10(15)7-8)17-12-4-2-3-9(14)13(12)16/h2-7,17H,16H2,1H3. The van der Waals surface area contributed by atoms with E-state index in [1.165, 1.54) is 0 Å². The van der Waals surface area contributed by atoms with Gasteiger partial charge >= 0.3 is 0 Å². The Bertz CT molecular complexity index is 553. The van der Waals surface area contributed by atoms with Crippen molar-refractivity contribution >= 4 is 40.3 Å². The van der Waals surface area contributed by atoms with E-state index in [4.69, 9.17) is 28.9 Å². The molecule has 4 heteroatoms. The lowest BCUT2D eigenvalue weighted by molar-refractivity contribution is 1.45. The molecule has 88 valence electrons. The molecule has 0 heterocycles. The average Bonchev–Trinajstić information content (AvgIpc) is 2.28. The Kier molecular flexibility index (Phi) is 3.46. The Morgan fingerprint density at radius 1 is 1.00 bits per heavy atom. The van der Waals surface area contributed by atoms with Gasteiger partial charge in [0.2, 0.25) is 0 Å². The van der Waals surface area contributed by atoms with Crippen LogP contribution >= 0.6 is 23.2 Å². The van der Waals surface area contributed by atoms with Crippen molar-refractivity contribution < 1.29 is 0 Å². The molecule has 17 heavy (non-hydrogen) atoms. The number of benzene rings is 2. The fourth-order valence-electron chi connectivity index (χ4n) is 1.51. The highest BCUT2D eigenvalue weighted by Crippen LogP contribution is 2.32. The molecule has 0 bridgehead atoms. The first kappa shape index (κ1) is 12.1. The molecular formula is C13H12Cl2N2. The van der Waals surface area contributed by atoms with E-state index < -0.39 is 0 Å². The fourth-order valence-corrected chi connectivity index (χ4v) is 1.97. The SMILES string of the molecule is Cc1ccc(Nc2cccc(Cl)c2N)c(Cl)c1. The lowest BCUT2D eigenvalue weighted by atomic mass is 10.2. The zero-order valence-electron chi connectivity index (χ0n) is 9.30. The molecule has 0 unspecified atom stereocenters. The van der Waals surface area contributed by atoms with Gasteiger partial charge in [0.1, 0.15) is 0 Å². The van der Waals surface area contributed by atoms with Gasteiger partial charge in [-0.05, 0) is 36.8 Å². The van der Waals surface area contributed by atoms with Gasteiger partial charge in [-0.25, -0.2) is 0 Å².